The van der Waals surface area contributed by atoms with Crippen LogP contribution in [0.3, 0.4) is 0 Å². The maximum atomic E-state index is 10.4. The molecule has 2 aromatic rings. The van der Waals surface area contributed by atoms with Crippen LogP contribution in [0.1, 0.15) is 28.4 Å². The second kappa shape index (κ2) is 5.19. The second-order valence-electron chi connectivity index (χ2n) is 4.42. The number of rotatable bonds is 3. The second-order valence-corrected chi connectivity index (χ2v) is 4.42. The van der Waals surface area contributed by atoms with Gasteiger partial charge < -0.3 is 9.84 Å². The van der Waals surface area contributed by atoms with E-state index >= 15 is 0 Å². The fraction of sp³-hybridized carbons (Fsp3) is 0.267. The monoisotopic (exact) mass is 243 g/mol. The van der Waals surface area contributed by atoms with Crippen LogP contribution >= 0.6 is 0 Å². The molecular weight excluding hydrogens is 226 g/mol. The number of nitrogens with zero attached hydrogens (tertiary/aromatic N) is 1. The molecule has 1 atom stereocenters. The minimum Gasteiger partial charge on any atom is -0.495 e. The molecule has 0 radical (unpaired) electrons. The SMILES string of the molecule is COc1cncc(C(O)c2ccc(C)cc2C)c1. The summed E-state index contributed by atoms with van der Waals surface area (Å²) in [5, 5.41) is 10.4. The van der Waals surface area contributed by atoms with Crippen LogP contribution in [0.4, 0.5) is 0 Å². The van der Waals surface area contributed by atoms with Crippen LogP contribution < -0.4 is 4.74 Å². The number of benzene rings is 1. The van der Waals surface area contributed by atoms with Crippen molar-refractivity contribution in [2.75, 3.05) is 7.11 Å². The van der Waals surface area contributed by atoms with E-state index in [1.54, 1.807) is 25.6 Å². The van der Waals surface area contributed by atoms with E-state index in [1.807, 2.05) is 26.0 Å². The van der Waals surface area contributed by atoms with Crippen molar-refractivity contribution in [3.05, 3.63) is 58.9 Å². The molecule has 0 spiro atoms. The summed E-state index contributed by atoms with van der Waals surface area (Å²) in [7, 11) is 1.59. The third-order valence-electron chi connectivity index (χ3n) is 3.01. The van der Waals surface area contributed by atoms with Crippen LogP contribution in [0.2, 0.25) is 0 Å². The molecule has 0 aliphatic carbocycles. The van der Waals surface area contributed by atoms with Crippen LogP contribution in [0.25, 0.3) is 0 Å². The van der Waals surface area contributed by atoms with Crippen molar-refractivity contribution in [3.63, 3.8) is 0 Å². The first-order valence-electron chi connectivity index (χ1n) is 5.86. The van der Waals surface area contributed by atoms with Gasteiger partial charge in [0, 0.05) is 11.8 Å². The third kappa shape index (κ3) is 2.51. The Kier molecular flexibility index (Phi) is 3.63. The zero-order chi connectivity index (χ0) is 13.1. The molecular formula is C15H17NO2. The molecule has 3 heteroatoms. The highest BCUT2D eigenvalue weighted by atomic mass is 16.5. The maximum absolute atomic E-state index is 10.4. The van der Waals surface area contributed by atoms with Crippen LogP contribution in [0, 0.1) is 13.8 Å². The van der Waals surface area contributed by atoms with Gasteiger partial charge in [-0.05, 0) is 31.0 Å². The van der Waals surface area contributed by atoms with E-state index in [9.17, 15) is 5.11 Å². The predicted octanol–water partition coefficient (Wildman–Crippen LogP) is 2.79. The van der Waals surface area contributed by atoms with Gasteiger partial charge in [-0.25, -0.2) is 0 Å². The van der Waals surface area contributed by atoms with Gasteiger partial charge in [0.1, 0.15) is 11.9 Å². The zero-order valence-electron chi connectivity index (χ0n) is 10.8. The van der Waals surface area contributed by atoms with Crippen molar-refractivity contribution in [2.24, 2.45) is 0 Å². The van der Waals surface area contributed by atoms with E-state index < -0.39 is 6.10 Å². The van der Waals surface area contributed by atoms with E-state index in [4.69, 9.17) is 4.74 Å². The summed E-state index contributed by atoms with van der Waals surface area (Å²) < 4.78 is 5.12. The molecule has 0 aliphatic rings. The molecule has 1 aromatic carbocycles. The molecule has 3 nitrogen and oxygen atoms in total. The molecule has 18 heavy (non-hydrogen) atoms. The third-order valence-corrected chi connectivity index (χ3v) is 3.01. The van der Waals surface area contributed by atoms with Crippen molar-refractivity contribution in [3.8, 4) is 5.75 Å². The molecule has 1 N–H and O–H groups in total. The van der Waals surface area contributed by atoms with Crippen LogP contribution in [0.5, 0.6) is 5.75 Å². The molecule has 0 amide bonds. The first-order chi connectivity index (χ1) is 8.61. The molecule has 0 saturated carbocycles. The lowest BCUT2D eigenvalue weighted by Crippen LogP contribution is -2.03. The zero-order valence-corrected chi connectivity index (χ0v) is 10.8. The van der Waals surface area contributed by atoms with Gasteiger partial charge in [-0.2, -0.15) is 0 Å². The van der Waals surface area contributed by atoms with Gasteiger partial charge in [0.2, 0.25) is 0 Å². The van der Waals surface area contributed by atoms with Crippen LogP contribution in [-0.4, -0.2) is 17.2 Å². The average Bonchev–Trinajstić information content (AvgIpc) is 2.38. The highest BCUT2D eigenvalue weighted by Gasteiger charge is 2.13. The molecule has 94 valence electrons. The Labute approximate surface area is 107 Å². The molecule has 0 aliphatic heterocycles. The van der Waals surface area contributed by atoms with Crippen LogP contribution in [0.15, 0.2) is 36.7 Å². The van der Waals surface area contributed by atoms with Gasteiger partial charge in [-0.3, -0.25) is 4.98 Å². The number of aliphatic hydroxyl groups is 1. The summed E-state index contributed by atoms with van der Waals surface area (Å²) >= 11 is 0. The van der Waals surface area contributed by atoms with E-state index in [0.29, 0.717) is 5.75 Å². The lowest BCUT2D eigenvalue weighted by Gasteiger charge is -2.15. The lowest BCUT2D eigenvalue weighted by atomic mass is 9.97. The summed E-state index contributed by atoms with van der Waals surface area (Å²) in [5.74, 6) is 0.649. The Morgan fingerprint density at radius 2 is 1.94 bits per heavy atom. The number of hydrogen-bond donors (Lipinski definition) is 1. The fourth-order valence-corrected chi connectivity index (χ4v) is 2.01. The van der Waals surface area contributed by atoms with Crippen molar-refractivity contribution in [1.82, 2.24) is 4.98 Å². The number of aromatic nitrogens is 1. The van der Waals surface area contributed by atoms with Gasteiger partial charge in [-0.15, -0.1) is 0 Å². The summed E-state index contributed by atoms with van der Waals surface area (Å²) in [6.07, 6.45) is 2.61. The fourth-order valence-electron chi connectivity index (χ4n) is 2.01. The lowest BCUT2D eigenvalue weighted by molar-refractivity contribution is 0.218. The van der Waals surface area contributed by atoms with Crippen LogP contribution in [-0.2, 0) is 0 Å². The molecule has 1 unspecified atom stereocenters. The Morgan fingerprint density at radius 3 is 2.61 bits per heavy atom. The van der Waals surface area contributed by atoms with Crippen molar-refractivity contribution >= 4 is 0 Å². The molecule has 1 heterocycles. The maximum Gasteiger partial charge on any atom is 0.137 e. The number of aryl methyl sites for hydroxylation is 2. The summed E-state index contributed by atoms with van der Waals surface area (Å²) in [6.45, 7) is 4.04. The van der Waals surface area contributed by atoms with Crippen molar-refractivity contribution in [1.29, 1.82) is 0 Å². The molecule has 0 fully saturated rings. The van der Waals surface area contributed by atoms with E-state index in [-0.39, 0.29) is 0 Å². The minimum atomic E-state index is -0.673. The first-order valence-corrected chi connectivity index (χ1v) is 5.86. The summed E-state index contributed by atoms with van der Waals surface area (Å²) in [5.41, 5.74) is 3.90. The van der Waals surface area contributed by atoms with Gasteiger partial charge in [0.25, 0.3) is 0 Å². The number of pyridine rings is 1. The first kappa shape index (κ1) is 12.6. The molecule has 1 aromatic heterocycles. The normalized spacial score (nSPS) is 12.2. The smallest absolute Gasteiger partial charge is 0.137 e. The van der Waals surface area contributed by atoms with Gasteiger partial charge in [0.05, 0.1) is 13.3 Å². The van der Waals surface area contributed by atoms with E-state index in [2.05, 4.69) is 11.1 Å². The van der Waals surface area contributed by atoms with E-state index in [0.717, 1.165) is 16.7 Å². The summed E-state index contributed by atoms with van der Waals surface area (Å²) in [4.78, 5) is 4.06. The number of aliphatic hydroxyl groups excluding tert-OH is 1. The van der Waals surface area contributed by atoms with E-state index in [1.165, 1.54) is 5.56 Å². The Hall–Kier alpha value is -1.87. The predicted molar refractivity (Wildman–Crippen MR) is 70.8 cm³/mol. The van der Waals surface area contributed by atoms with Gasteiger partial charge in [0.15, 0.2) is 0 Å². The average molecular weight is 243 g/mol. The number of ether oxygens (including phenoxy) is 1. The van der Waals surface area contributed by atoms with Gasteiger partial charge in [-0.1, -0.05) is 23.8 Å². The van der Waals surface area contributed by atoms with Crippen molar-refractivity contribution < 1.29 is 9.84 Å². The highest BCUT2D eigenvalue weighted by Crippen LogP contribution is 2.26. The molecule has 0 saturated heterocycles. The topological polar surface area (TPSA) is 42.4 Å². The Bertz CT molecular complexity index is 552. The minimum absolute atomic E-state index is 0.649. The molecule has 2 rings (SSSR count). The molecule has 0 bridgehead atoms. The number of methoxy groups -OCH3 is 1. The largest absolute Gasteiger partial charge is 0.495 e. The Balaban J connectivity index is 2.37. The highest BCUT2D eigenvalue weighted by molar-refractivity contribution is 5.38. The standard InChI is InChI=1S/C15H17NO2/c1-10-4-5-14(11(2)6-10)15(17)12-7-13(18-3)9-16-8-12/h4-9,15,17H,1-3H3. The summed E-state index contributed by atoms with van der Waals surface area (Å²) in [6, 6.07) is 7.82. The number of hydrogen-bond acceptors (Lipinski definition) is 3. The Morgan fingerprint density at radius 1 is 1.17 bits per heavy atom. The van der Waals surface area contributed by atoms with Gasteiger partial charge >= 0.3 is 0 Å². The quantitative estimate of drug-likeness (QED) is 0.901. The van der Waals surface area contributed by atoms with Crippen molar-refractivity contribution in [2.45, 2.75) is 20.0 Å².